The van der Waals surface area contributed by atoms with Crippen LogP contribution in [0.3, 0.4) is 0 Å². The first-order valence-corrected chi connectivity index (χ1v) is 9.77. The van der Waals surface area contributed by atoms with Crippen LogP contribution in [0.4, 0.5) is 21.5 Å². The molecule has 0 aromatic heterocycles. The summed E-state index contributed by atoms with van der Waals surface area (Å²) in [4.78, 5) is 27.8. The molecule has 1 atom stereocenters. The Labute approximate surface area is 174 Å². The van der Waals surface area contributed by atoms with Gasteiger partial charge in [0.15, 0.2) is 0 Å². The molecule has 0 saturated carbocycles. The molecule has 3 rings (SSSR count). The highest BCUT2D eigenvalue weighted by Gasteiger charge is 2.26. The van der Waals surface area contributed by atoms with E-state index in [1.165, 1.54) is 31.4 Å². The van der Waals surface area contributed by atoms with Crippen LogP contribution in [0.1, 0.15) is 13.3 Å². The molecule has 1 aliphatic heterocycles. The highest BCUT2D eigenvalue weighted by molar-refractivity contribution is 5.96. The number of rotatable bonds is 6. The Morgan fingerprint density at radius 1 is 1.17 bits per heavy atom. The lowest BCUT2D eigenvalue weighted by molar-refractivity contribution is -0.384. The first-order valence-electron chi connectivity index (χ1n) is 9.77. The van der Waals surface area contributed by atoms with Crippen molar-refractivity contribution in [2.45, 2.75) is 19.4 Å². The zero-order chi connectivity index (χ0) is 21.7. The lowest BCUT2D eigenvalue weighted by atomic mass is 10.2. The first kappa shape index (κ1) is 21.5. The van der Waals surface area contributed by atoms with E-state index < -0.39 is 11.0 Å². The topological polar surface area (TPSA) is 88.0 Å². The number of hydrogen-bond acceptors (Lipinski definition) is 6. The second-order valence-corrected chi connectivity index (χ2v) is 7.16. The normalized spacial score (nSPS) is 15.9. The van der Waals surface area contributed by atoms with Gasteiger partial charge in [-0.2, -0.15) is 0 Å². The van der Waals surface area contributed by atoms with Crippen molar-refractivity contribution < 1.29 is 18.8 Å². The molecule has 8 nitrogen and oxygen atoms in total. The number of methoxy groups -OCH3 is 1. The molecule has 1 unspecified atom stereocenters. The van der Waals surface area contributed by atoms with Crippen LogP contribution < -0.4 is 15.0 Å². The standard InChI is InChI=1S/C21H25FN4O4/c1-15(21(27)23-19-9-8-18(30-2)14-20(19)26(28)29)24-10-3-11-25(13-12-24)17-6-4-16(22)5-7-17/h4-9,14-15H,3,10-13H2,1-2H3,(H,23,27). The molecule has 0 aliphatic carbocycles. The van der Waals surface area contributed by atoms with Gasteiger partial charge >= 0.3 is 0 Å². The number of halogens is 1. The van der Waals surface area contributed by atoms with Gasteiger partial charge in [0.25, 0.3) is 5.69 Å². The molecule has 30 heavy (non-hydrogen) atoms. The van der Waals surface area contributed by atoms with Crippen LogP contribution in [0, 0.1) is 15.9 Å². The molecule has 1 amide bonds. The van der Waals surface area contributed by atoms with E-state index in [1.807, 2.05) is 4.90 Å². The smallest absolute Gasteiger partial charge is 0.296 e. The molecule has 1 aliphatic rings. The number of ether oxygens (including phenoxy) is 1. The summed E-state index contributed by atoms with van der Waals surface area (Å²) in [6.45, 7) is 4.66. The van der Waals surface area contributed by atoms with Crippen molar-refractivity contribution in [2.24, 2.45) is 0 Å². The fraction of sp³-hybridized carbons (Fsp3) is 0.381. The number of nitrogens with zero attached hydrogens (tertiary/aromatic N) is 3. The average molecular weight is 416 g/mol. The number of carbonyl (C=O) groups is 1. The van der Waals surface area contributed by atoms with E-state index in [1.54, 1.807) is 25.1 Å². The maximum absolute atomic E-state index is 13.2. The van der Waals surface area contributed by atoms with Crippen molar-refractivity contribution in [3.8, 4) is 5.75 Å². The van der Waals surface area contributed by atoms with Crippen LogP contribution in [0.5, 0.6) is 5.75 Å². The Balaban J connectivity index is 1.65. The molecule has 0 radical (unpaired) electrons. The fourth-order valence-corrected chi connectivity index (χ4v) is 3.53. The summed E-state index contributed by atoms with van der Waals surface area (Å²) in [5, 5.41) is 14.0. The van der Waals surface area contributed by atoms with Gasteiger partial charge in [0.1, 0.15) is 17.3 Å². The van der Waals surface area contributed by atoms with Gasteiger partial charge in [-0.05, 0) is 49.7 Å². The van der Waals surface area contributed by atoms with E-state index in [0.29, 0.717) is 18.8 Å². The summed E-state index contributed by atoms with van der Waals surface area (Å²) in [6.07, 6.45) is 0.845. The predicted molar refractivity (Wildman–Crippen MR) is 113 cm³/mol. The lowest BCUT2D eigenvalue weighted by Crippen LogP contribution is -2.44. The molecule has 0 spiro atoms. The number of nitrogens with one attached hydrogen (secondary N) is 1. The molecule has 160 valence electrons. The predicted octanol–water partition coefficient (Wildman–Crippen LogP) is 3.28. The number of anilines is 2. The van der Waals surface area contributed by atoms with Gasteiger partial charge in [-0.3, -0.25) is 19.8 Å². The number of nitro benzene ring substituents is 1. The number of amides is 1. The van der Waals surface area contributed by atoms with Gasteiger partial charge in [-0.25, -0.2) is 4.39 Å². The zero-order valence-electron chi connectivity index (χ0n) is 17.0. The molecular formula is C21H25FN4O4. The van der Waals surface area contributed by atoms with Crippen LogP contribution in [0.25, 0.3) is 0 Å². The van der Waals surface area contributed by atoms with Gasteiger partial charge in [0.05, 0.1) is 24.1 Å². The Kier molecular flexibility index (Phi) is 6.83. The quantitative estimate of drug-likeness (QED) is 0.574. The maximum Gasteiger partial charge on any atom is 0.296 e. The average Bonchev–Trinajstić information content (AvgIpc) is 3.00. The molecule has 2 aromatic rings. The van der Waals surface area contributed by atoms with Crippen LogP contribution in [0.2, 0.25) is 0 Å². The summed E-state index contributed by atoms with van der Waals surface area (Å²) < 4.78 is 18.2. The molecule has 1 saturated heterocycles. The number of hydrogen-bond donors (Lipinski definition) is 1. The second-order valence-electron chi connectivity index (χ2n) is 7.16. The van der Waals surface area contributed by atoms with Crippen LogP contribution in [-0.4, -0.2) is 55.1 Å². The van der Waals surface area contributed by atoms with E-state index in [2.05, 4.69) is 10.2 Å². The second kappa shape index (κ2) is 9.53. The van der Waals surface area contributed by atoms with Gasteiger partial charge < -0.3 is 15.0 Å². The highest BCUT2D eigenvalue weighted by Crippen LogP contribution is 2.29. The maximum atomic E-state index is 13.2. The molecular weight excluding hydrogens is 391 g/mol. The van der Waals surface area contributed by atoms with E-state index in [0.717, 1.165) is 25.2 Å². The molecule has 1 heterocycles. The minimum absolute atomic E-state index is 0.139. The Bertz CT molecular complexity index is 906. The molecule has 1 N–H and O–H groups in total. The largest absolute Gasteiger partial charge is 0.496 e. The molecule has 1 fully saturated rings. The van der Waals surface area contributed by atoms with Gasteiger partial charge in [0.2, 0.25) is 5.91 Å². The molecule has 9 heteroatoms. The van der Waals surface area contributed by atoms with Crippen LogP contribution in [0.15, 0.2) is 42.5 Å². The zero-order valence-corrected chi connectivity index (χ0v) is 17.0. The third kappa shape index (κ3) is 5.04. The lowest BCUT2D eigenvalue weighted by Gasteiger charge is -2.27. The minimum atomic E-state index is -0.546. The summed E-state index contributed by atoms with van der Waals surface area (Å²) in [5.41, 5.74) is 0.873. The van der Waals surface area contributed by atoms with E-state index in [-0.39, 0.29) is 23.1 Å². The van der Waals surface area contributed by atoms with Crippen molar-refractivity contribution >= 4 is 23.0 Å². The fourth-order valence-electron chi connectivity index (χ4n) is 3.53. The van der Waals surface area contributed by atoms with E-state index in [9.17, 15) is 19.3 Å². The van der Waals surface area contributed by atoms with E-state index >= 15 is 0 Å². The number of carbonyl (C=O) groups excluding carboxylic acids is 1. The Hall–Kier alpha value is -3.20. The van der Waals surface area contributed by atoms with Crippen molar-refractivity contribution in [2.75, 3.05) is 43.5 Å². The molecule has 0 bridgehead atoms. The monoisotopic (exact) mass is 416 g/mol. The summed E-state index contributed by atoms with van der Waals surface area (Å²) in [5.74, 6) is -0.229. The Morgan fingerprint density at radius 3 is 2.57 bits per heavy atom. The van der Waals surface area contributed by atoms with Crippen molar-refractivity contribution in [1.82, 2.24) is 4.90 Å². The van der Waals surface area contributed by atoms with Gasteiger partial charge in [-0.1, -0.05) is 0 Å². The number of nitro groups is 1. The third-order valence-corrected chi connectivity index (χ3v) is 5.31. The van der Waals surface area contributed by atoms with Crippen molar-refractivity contribution in [3.63, 3.8) is 0 Å². The first-order chi connectivity index (χ1) is 14.4. The van der Waals surface area contributed by atoms with Crippen molar-refractivity contribution in [1.29, 1.82) is 0 Å². The SMILES string of the molecule is COc1ccc(NC(=O)C(C)N2CCCN(c3ccc(F)cc3)CC2)c([N+](=O)[O-])c1. The summed E-state index contributed by atoms with van der Waals surface area (Å²) >= 11 is 0. The number of benzene rings is 2. The molecule has 2 aromatic carbocycles. The third-order valence-electron chi connectivity index (χ3n) is 5.31. The Morgan fingerprint density at radius 2 is 1.90 bits per heavy atom. The highest BCUT2D eigenvalue weighted by atomic mass is 19.1. The van der Waals surface area contributed by atoms with E-state index in [4.69, 9.17) is 4.74 Å². The van der Waals surface area contributed by atoms with Crippen LogP contribution >= 0.6 is 0 Å². The van der Waals surface area contributed by atoms with Gasteiger partial charge in [0, 0.05) is 31.9 Å². The van der Waals surface area contributed by atoms with Crippen LogP contribution in [-0.2, 0) is 4.79 Å². The minimum Gasteiger partial charge on any atom is -0.496 e. The van der Waals surface area contributed by atoms with Crippen molar-refractivity contribution in [3.05, 3.63) is 58.4 Å². The summed E-state index contributed by atoms with van der Waals surface area (Å²) in [6, 6.07) is 10.3. The summed E-state index contributed by atoms with van der Waals surface area (Å²) in [7, 11) is 1.42. The van der Waals surface area contributed by atoms with Gasteiger partial charge in [-0.15, -0.1) is 0 Å².